The minimum atomic E-state index is -0.605. The molecule has 1 aromatic rings. The first-order valence-electron chi connectivity index (χ1n) is 7.21. The van der Waals surface area contributed by atoms with Crippen LogP contribution in [0.15, 0.2) is 23.1 Å². The van der Waals surface area contributed by atoms with Crippen LogP contribution in [-0.2, 0) is 4.74 Å². The molecule has 2 N–H and O–H groups in total. The third-order valence-electron chi connectivity index (χ3n) is 2.72. The molecule has 0 atom stereocenters. The maximum atomic E-state index is 12.1. The lowest BCUT2D eigenvalue weighted by molar-refractivity contribution is -0.385. The van der Waals surface area contributed by atoms with Gasteiger partial charge < -0.3 is 15.4 Å². The maximum absolute atomic E-state index is 12.1. The van der Waals surface area contributed by atoms with Gasteiger partial charge in [0.1, 0.15) is 11.2 Å². The van der Waals surface area contributed by atoms with Crippen LogP contribution in [0.1, 0.15) is 31.1 Å². The number of carbonyl (C=O) groups is 2. The van der Waals surface area contributed by atoms with E-state index in [2.05, 4.69) is 10.6 Å². The molecule has 2 amide bonds. The van der Waals surface area contributed by atoms with Gasteiger partial charge in [-0.3, -0.25) is 14.9 Å². The molecule has 0 saturated heterocycles. The highest BCUT2D eigenvalue weighted by atomic mass is 32.2. The number of nitrogens with zero attached hydrogens (tertiary/aromatic N) is 1. The molecule has 9 heteroatoms. The quantitative estimate of drug-likeness (QED) is 0.351. The van der Waals surface area contributed by atoms with E-state index >= 15 is 0 Å². The first kappa shape index (κ1) is 19.8. The lowest BCUT2D eigenvalue weighted by Crippen LogP contribution is -2.38. The van der Waals surface area contributed by atoms with Gasteiger partial charge in [-0.1, -0.05) is 0 Å². The van der Waals surface area contributed by atoms with Crippen LogP contribution < -0.4 is 10.6 Å². The second-order valence-corrected chi connectivity index (χ2v) is 6.70. The molecular formula is C15H21N3O5S. The van der Waals surface area contributed by atoms with Crippen LogP contribution in [0, 0.1) is 10.1 Å². The zero-order chi connectivity index (χ0) is 18.3. The third-order valence-corrected chi connectivity index (χ3v) is 3.45. The normalized spacial score (nSPS) is 10.8. The number of carbonyl (C=O) groups excluding carboxylic acids is 2. The predicted molar refractivity (Wildman–Crippen MR) is 91.4 cm³/mol. The van der Waals surface area contributed by atoms with Gasteiger partial charge in [-0.2, -0.15) is 0 Å². The molecule has 132 valence electrons. The monoisotopic (exact) mass is 355 g/mol. The number of thioether (sulfide) groups is 1. The SMILES string of the molecule is CSc1ccc([N+](=O)[O-])c(C(=O)NCCNC(=O)OC(C)(C)C)c1. The second kappa shape index (κ2) is 8.53. The molecule has 1 rings (SSSR count). The van der Waals surface area contributed by atoms with Crippen molar-refractivity contribution in [3.05, 3.63) is 33.9 Å². The molecule has 0 aliphatic carbocycles. The molecule has 0 aromatic heterocycles. The van der Waals surface area contributed by atoms with Crippen LogP contribution in [0.5, 0.6) is 0 Å². The van der Waals surface area contributed by atoms with Crippen molar-refractivity contribution in [3.63, 3.8) is 0 Å². The van der Waals surface area contributed by atoms with Crippen LogP contribution in [0.25, 0.3) is 0 Å². The fourth-order valence-corrected chi connectivity index (χ4v) is 2.17. The number of amides is 2. The minimum absolute atomic E-state index is 0.0101. The van der Waals surface area contributed by atoms with Crippen LogP contribution in [0.4, 0.5) is 10.5 Å². The highest BCUT2D eigenvalue weighted by Gasteiger charge is 2.20. The lowest BCUT2D eigenvalue weighted by Gasteiger charge is -2.19. The Morgan fingerprint density at radius 2 is 1.88 bits per heavy atom. The van der Waals surface area contributed by atoms with E-state index in [1.807, 2.05) is 6.26 Å². The Labute approximate surface area is 144 Å². The summed E-state index contributed by atoms with van der Waals surface area (Å²) in [5.74, 6) is -0.566. The Balaban J connectivity index is 2.60. The van der Waals surface area contributed by atoms with Crippen LogP contribution in [-0.4, -0.2) is 41.9 Å². The van der Waals surface area contributed by atoms with Gasteiger partial charge in [0, 0.05) is 24.1 Å². The van der Waals surface area contributed by atoms with E-state index in [0.717, 1.165) is 4.90 Å². The van der Waals surface area contributed by atoms with Crippen molar-refractivity contribution < 1.29 is 19.2 Å². The largest absolute Gasteiger partial charge is 0.444 e. The van der Waals surface area contributed by atoms with Gasteiger partial charge in [0.2, 0.25) is 0 Å². The fraction of sp³-hybridized carbons (Fsp3) is 0.467. The first-order chi connectivity index (χ1) is 11.1. The van der Waals surface area contributed by atoms with E-state index in [4.69, 9.17) is 4.74 Å². The summed E-state index contributed by atoms with van der Waals surface area (Å²) in [5, 5.41) is 16.1. The summed E-state index contributed by atoms with van der Waals surface area (Å²) in [6.07, 6.45) is 1.22. The molecule has 0 spiro atoms. The summed E-state index contributed by atoms with van der Waals surface area (Å²) in [5.41, 5.74) is -0.874. The molecular weight excluding hydrogens is 334 g/mol. The number of ether oxygens (including phenoxy) is 1. The zero-order valence-electron chi connectivity index (χ0n) is 14.0. The van der Waals surface area contributed by atoms with Gasteiger partial charge in [0.25, 0.3) is 11.6 Å². The summed E-state index contributed by atoms with van der Waals surface area (Å²) in [6, 6.07) is 4.36. The van der Waals surface area contributed by atoms with Crippen molar-refractivity contribution in [2.75, 3.05) is 19.3 Å². The first-order valence-corrected chi connectivity index (χ1v) is 8.44. The molecule has 0 aliphatic rings. The number of hydrogen-bond donors (Lipinski definition) is 2. The lowest BCUT2D eigenvalue weighted by atomic mass is 10.1. The highest BCUT2D eigenvalue weighted by Crippen LogP contribution is 2.24. The molecule has 0 radical (unpaired) electrons. The van der Waals surface area contributed by atoms with Crippen molar-refractivity contribution in [2.45, 2.75) is 31.3 Å². The molecule has 0 saturated carbocycles. The average Bonchev–Trinajstić information content (AvgIpc) is 2.48. The molecule has 0 heterocycles. The second-order valence-electron chi connectivity index (χ2n) is 5.82. The molecule has 0 bridgehead atoms. The van der Waals surface area contributed by atoms with E-state index in [1.165, 1.54) is 23.9 Å². The van der Waals surface area contributed by atoms with Crippen LogP contribution >= 0.6 is 11.8 Å². The maximum Gasteiger partial charge on any atom is 0.407 e. The third kappa shape index (κ3) is 6.45. The Morgan fingerprint density at radius 3 is 2.42 bits per heavy atom. The number of nitro groups is 1. The predicted octanol–water partition coefficient (Wildman–Crippen LogP) is 2.57. The van der Waals surface area contributed by atoms with Gasteiger partial charge in [0.15, 0.2) is 0 Å². The summed E-state index contributed by atoms with van der Waals surface area (Å²) in [6.45, 7) is 5.50. The van der Waals surface area contributed by atoms with E-state index in [1.54, 1.807) is 26.8 Å². The summed E-state index contributed by atoms with van der Waals surface area (Å²) in [4.78, 5) is 34.8. The number of hydrogen-bond acceptors (Lipinski definition) is 6. The zero-order valence-corrected chi connectivity index (χ0v) is 14.9. The standard InChI is InChI=1S/C15H21N3O5S/c1-15(2,3)23-14(20)17-8-7-16-13(19)11-9-10(24-4)5-6-12(11)18(21)22/h5-6,9H,7-8H2,1-4H3,(H,16,19)(H,17,20). The molecule has 1 aromatic carbocycles. The Bertz CT molecular complexity index is 628. The Hall–Kier alpha value is -2.29. The summed E-state index contributed by atoms with van der Waals surface area (Å²) >= 11 is 1.38. The molecule has 8 nitrogen and oxygen atoms in total. The van der Waals surface area contributed by atoms with Gasteiger partial charge in [-0.15, -0.1) is 11.8 Å². The highest BCUT2D eigenvalue weighted by molar-refractivity contribution is 7.98. The van der Waals surface area contributed by atoms with Crippen molar-refractivity contribution in [3.8, 4) is 0 Å². The van der Waals surface area contributed by atoms with E-state index < -0.39 is 22.5 Å². The average molecular weight is 355 g/mol. The topological polar surface area (TPSA) is 111 Å². The number of rotatable bonds is 6. The van der Waals surface area contributed by atoms with Gasteiger partial charge in [-0.05, 0) is 39.2 Å². The van der Waals surface area contributed by atoms with Crippen molar-refractivity contribution in [1.82, 2.24) is 10.6 Å². The Morgan fingerprint density at radius 1 is 1.25 bits per heavy atom. The summed E-state index contributed by atoms with van der Waals surface area (Å²) < 4.78 is 5.06. The van der Waals surface area contributed by atoms with Crippen LogP contribution in [0.3, 0.4) is 0 Å². The van der Waals surface area contributed by atoms with Gasteiger partial charge in [0.05, 0.1) is 4.92 Å². The molecule has 0 fully saturated rings. The minimum Gasteiger partial charge on any atom is -0.444 e. The fourth-order valence-electron chi connectivity index (χ4n) is 1.73. The van der Waals surface area contributed by atoms with Gasteiger partial charge in [-0.25, -0.2) is 4.79 Å². The van der Waals surface area contributed by atoms with E-state index in [9.17, 15) is 19.7 Å². The number of nitrogens with one attached hydrogen (secondary N) is 2. The Kier molecular flexibility index (Phi) is 7.02. The number of alkyl carbamates (subject to hydrolysis) is 1. The van der Waals surface area contributed by atoms with E-state index in [0.29, 0.717) is 0 Å². The van der Waals surface area contributed by atoms with Crippen molar-refractivity contribution >= 4 is 29.4 Å². The van der Waals surface area contributed by atoms with Crippen molar-refractivity contribution in [2.24, 2.45) is 0 Å². The summed E-state index contributed by atoms with van der Waals surface area (Å²) in [7, 11) is 0. The molecule has 0 aliphatic heterocycles. The van der Waals surface area contributed by atoms with Gasteiger partial charge >= 0.3 is 6.09 Å². The number of nitro benzene ring substituents is 1. The van der Waals surface area contributed by atoms with Crippen molar-refractivity contribution in [1.29, 1.82) is 0 Å². The smallest absolute Gasteiger partial charge is 0.407 e. The number of benzene rings is 1. The van der Waals surface area contributed by atoms with E-state index in [-0.39, 0.29) is 24.3 Å². The molecule has 24 heavy (non-hydrogen) atoms. The van der Waals surface area contributed by atoms with Crippen LogP contribution in [0.2, 0.25) is 0 Å². The molecule has 0 unspecified atom stereocenters.